The van der Waals surface area contributed by atoms with Gasteiger partial charge in [0.15, 0.2) is 0 Å². The molecule has 1 heterocycles. The molecule has 0 bridgehead atoms. The molecule has 1 unspecified atom stereocenters. The first-order valence-electron chi connectivity index (χ1n) is 5.36. The fourth-order valence-electron chi connectivity index (χ4n) is 1.63. The van der Waals surface area contributed by atoms with Crippen LogP contribution in [0.4, 0.5) is 0 Å². The van der Waals surface area contributed by atoms with E-state index in [1.807, 2.05) is 6.92 Å². The first-order chi connectivity index (χ1) is 7.58. The Morgan fingerprint density at radius 1 is 1.31 bits per heavy atom. The maximum Gasteiger partial charge on any atom is 0.110 e. The van der Waals surface area contributed by atoms with Gasteiger partial charge in [0, 0.05) is 10.9 Å². The molecule has 0 spiro atoms. The minimum atomic E-state index is 0.0175. The van der Waals surface area contributed by atoms with Crippen LogP contribution in [0.3, 0.4) is 0 Å². The van der Waals surface area contributed by atoms with Crippen LogP contribution < -0.4 is 5.73 Å². The van der Waals surface area contributed by atoms with Crippen LogP contribution in [0.2, 0.25) is 0 Å². The molecule has 0 saturated heterocycles. The number of aromatic nitrogens is 1. The number of rotatable bonds is 2. The summed E-state index contributed by atoms with van der Waals surface area (Å²) in [4.78, 5) is 4.58. The van der Waals surface area contributed by atoms with Gasteiger partial charge in [0.05, 0.1) is 11.7 Å². The first kappa shape index (κ1) is 11.3. The number of aryl methyl sites for hydroxylation is 2. The third-order valence-electron chi connectivity index (χ3n) is 2.58. The van der Waals surface area contributed by atoms with Crippen molar-refractivity contribution < 1.29 is 0 Å². The number of thiazole rings is 1. The highest BCUT2D eigenvalue weighted by Crippen LogP contribution is 2.27. The predicted molar refractivity (Wildman–Crippen MR) is 69.6 cm³/mol. The Morgan fingerprint density at radius 3 is 2.69 bits per heavy atom. The molecular formula is C13H16N2S. The summed E-state index contributed by atoms with van der Waals surface area (Å²) >= 11 is 1.63. The molecule has 2 rings (SSSR count). The average Bonchev–Trinajstić information content (AvgIpc) is 2.70. The molecular weight excluding hydrogens is 216 g/mol. The summed E-state index contributed by atoms with van der Waals surface area (Å²) in [6.45, 7) is 6.17. The van der Waals surface area contributed by atoms with Gasteiger partial charge in [0.1, 0.15) is 5.01 Å². The van der Waals surface area contributed by atoms with E-state index in [1.54, 1.807) is 11.3 Å². The predicted octanol–water partition coefficient (Wildman–Crippen LogP) is 3.45. The van der Waals surface area contributed by atoms with Gasteiger partial charge >= 0.3 is 0 Å². The van der Waals surface area contributed by atoms with Crippen LogP contribution in [0.5, 0.6) is 0 Å². The summed E-state index contributed by atoms with van der Waals surface area (Å²) in [6, 6.07) is 6.45. The third kappa shape index (κ3) is 2.15. The minimum absolute atomic E-state index is 0.0175. The van der Waals surface area contributed by atoms with E-state index in [-0.39, 0.29) is 6.04 Å². The number of benzene rings is 1. The van der Waals surface area contributed by atoms with Crippen molar-refractivity contribution in [1.82, 2.24) is 4.98 Å². The van der Waals surface area contributed by atoms with Crippen molar-refractivity contribution in [1.29, 1.82) is 0 Å². The van der Waals surface area contributed by atoms with E-state index in [0.717, 1.165) is 10.7 Å². The second-order valence-corrected chi connectivity index (χ2v) is 5.07. The Hall–Kier alpha value is -1.19. The van der Waals surface area contributed by atoms with E-state index < -0.39 is 0 Å². The maximum absolute atomic E-state index is 5.82. The maximum atomic E-state index is 5.82. The van der Waals surface area contributed by atoms with Gasteiger partial charge in [-0.3, -0.25) is 0 Å². The molecule has 1 aromatic carbocycles. The van der Waals surface area contributed by atoms with Crippen molar-refractivity contribution >= 4 is 11.3 Å². The number of nitrogens with zero attached hydrogens (tertiary/aromatic N) is 1. The van der Waals surface area contributed by atoms with Crippen LogP contribution in [0.25, 0.3) is 11.3 Å². The van der Waals surface area contributed by atoms with Crippen LogP contribution in [0.1, 0.15) is 29.1 Å². The van der Waals surface area contributed by atoms with E-state index in [2.05, 4.69) is 42.4 Å². The topological polar surface area (TPSA) is 38.9 Å². The average molecular weight is 232 g/mol. The highest BCUT2D eigenvalue weighted by molar-refractivity contribution is 7.10. The van der Waals surface area contributed by atoms with Gasteiger partial charge in [-0.2, -0.15) is 0 Å². The molecule has 84 valence electrons. The molecule has 0 saturated carbocycles. The highest BCUT2D eigenvalue weighted by Gasteiger charge is 2.09. The van der Waals surface area contributed by atoms with Crippen LogP contribution in [0.15, 0.2) is 23.6 Å². The van der Waals surface area contributed by atoms with E-state index in [4.69, 9.17) is 5.73 Å². The van der Waals surface area contributed by atoms with Gasteiger partial charge in [-0.1, -0.05) is 17.7 Å². The Bertz CT molecular complexity index is 500. The Kier molecular flexibility index (Phi) is 3.08. The van der Waals surface area contributed by atoms with E-state index in [9.17, 15) is 0 Å². The van der Waals surface area contributed by atoms with Crippen molar-refractivity contribution in [3.05, 3.63) is 39.7 Å². The lowest BCUT2D eigenvalue weighted by molar-refractivity contribution is 0.808. The van der Waals surface area contributed by atoms with Gasteiger partial charge in [0.2, 0.25) is 0 Å². The molecule has 2 N–H and O–H groups in total. The Labute approximate surface area is 100 Å². The number of hydrogen-bond acceptors (Lipinski definition) is 3. The number of nitrogens with two attached hydrogens (primary N) is 1. The quantitative estimate of drug-likeness (QED) is 0.861. The fraction of sp³-hybridized carbons (Fsp3) is 0.308. The summed E-state index contributed by atoms with van der Waals surface area (Å²) in [5.74, 6) is 0. The van der Waals surface area contributed by atoms with Crippen LogP contribution in [-0.4, -0.2) is 4.98 Å². The molecule has 16 heavy (non-hydrogen) atoms. The normalized spacial score (nSPS) is 12.8. The van der Waals surface area contributed by atoms with Gasteiger partial charge in [-0.25, -0.2) is 4.98 Å². The molecule has 0 aliphatic rings. The summed E-state index contributed by atoms with van der Waals surface area (Å²) in [5.41, 5.74) is 10.6. The van der Waals surface area contributed by atoms with Gasteiger partial charge < -0.3 is 5.73 Å². The zero-order valence-electron chi connectivity index (χ0n) is 9.82. The lowest BCUT2D eigenvalue weighted by Crippen LogP contribution is -2.03. The molecule has 0 aliphatic carbocycles. The zero-order valence-corrected chi connectivity index (χ0v) is 10.6. The van der Waals surface area contributed by atoms with Gasteiger partial charge in [-0.15, -0.1) is 11.3 Å². The summed E-state index contributed by atoms with van der Waals surface area (Å²) in [5, 5.41) is 3.08. The van der Waals surface area contributed by atoms with Crippen LogP contribution in [0, 0.1) is 13.8 Å². The number of hydrogen-bond donors (Lipinski definition) is 1. The fourth-order valence-corrected chi connectivity index (χ4v) is 2.41. The monoisotopic (exact) mass is 232 g/mol. The molecule has 0 radical (unpaired) electrons. The van der Waals surface area contributed by atoms with Gasteiger partial charge in [-0.05, 0) is 32.4 Å². The molecule has 1 atom stereocenters. The molecule has 2 nitrogen and oxygen atoms in total. The van der Waals surface area contributed by atoms with E-state index in [0.29, 0.717) is 0 Å². The van der Waals surface area contributed by atoms with Crippen molar-refractivity contribution in [3.8, 4) is 11.3 Å². The zero-order chi connectivity index (χ0) is 11.7. The summed E-state index contributed by atoms with van der Waals surface area (Å²) < 4.78 is 0. The summed E-state index contributed by atoms with van der Waals surface area (Å²) in [7, 11) is 0. The van der Waals surface area contributed by atoms with Gasteiger partial charge in [0.25, 0.3) is 0 Å². The first-order valence-corrected chi connectivity index (χ1v) is 6.24. The minimum Gasteiger partial charge on any atom is -0.322 e. The highest BCUT2D eigenvalue weighted by atomic mass is 32.1. The second kappa shape index (κ2) is 4.36. The molecule has 0 amide bonds. The Balaban J connectivity index is 2.46. The lowest BCUT2D eigenvalue weighted by Gasteiger charge is -2.04. The van der Waals surface area contributed by atoms with Crippen molar-refractivity contribution in [3.63, 3.8) is 0 Å². The van der Waals surface area contributed by atoms with Crippen molar-refractivity contribution in [2.24, 2.45) is 5.73 Å². The Morgan fingerprint density at radius 2 is 2.06 bits per heavy atom. The van der Waals surface area contributed by atoms with Crippen molar-refractivity contribution in [2.45, 2.75) is 26.8 Å². The molecule has 2 aromatic rings. The molecule has 0 fully saturated rings. The molecule has 3 heteroatoms. The second-order valence-electron chi connectivity index (χ2n) is 4.18. The van der Waals surface area contributed by atoms with E-state index >= 15 is 0 Å². The van der Waals surface area contributed by atoms with Crippen molar-refractivity contribution in [2.75, 3.05) is 0 Å². The molecule has 0 aliphatic heterocycles. The molecule has 1 aromatic heterocycles. The standard InChI is InChI=1S/C13H16N2S/c1-8-4-5-9(2)11(6-8)12-7-16-13(15-12)10(3)14/h4-7,10H,14H2,1-3H3. The smallest absolute Gasteiger partial charge is 0.110 e. The van der Waals surface area contributed by atoms with E-state index in [1.165, 1.54) is 16.7 Å². The SMILES string of the molecule is Cc1ccc(C)c(-c2csc(C(C)N)n2)c1. The van der Waals surface area contributed by atoms with Crippen LogP contribution >= 0.6 is 11.3 Å². The van der Waals surface area contributed by atoms with Crippen LogP contribution in [-0.2, 0) is 0 Å². The lowest BCUT2D eigenvalue weighted by atomic mass is 10.0. The largest absolute Gasteiger partial charge is 0.322 e. The summed E-state index contributed by atoms with van der Waals surface area (Å²) in [6.07, 6.45) is 0. The third-order valence-corrected chi connectivity index (χ3v) is 3.63.